The summed E-state index contributed by atoms with van der Waals surface area (Å²) < 4.78 is 18.9. The number of rotatable bonds is 5. The molecule has 1 aliphatic heterocycles. The Morgan fingerprint density at radius 1 is 1.15 bits per heavy atom. The zero-order valence-corrected chi connectivity index (χ0v) is 16.9. The molecule has 2 N–H and O–H groups in total. The minimum Gasteiger partial charge on any atom is -0.497 e. The molecule has 0 spiro atoms. The fourth-order valence-electron chi connectivity index (χ4n) is 2.67. The SMILES string of the molecule is COc1ccc(-c2nnc(SCc3cc4c(cc3Br)OCCO4)n2N)cc1. The maximum atomic E-state index is 6.20. The fraction of sp³-hybridized carbons (Fsp3) is 0.222. The number of benzene rings is 2. The second kappa shape index (κ2) is 7.69. The van der Waals surface area contributed by atoms with Crippen molar-refractivity contribution < 1.29 is 14.2 Å². The number of hydrogen-bond donors (Lipinski definition) is 1. The van der Waals surface area contributed by atoms with Gasteiger partial charge in [-0.05, 0) is 42.0 Å². The first-order valence-electron chi connectivity index (χ1n) is 8.21. The summed E-state index contributed by atoms with van der Waals surface area (Å²) in [6.45, 7) is 1.13. The van der Waals surface area contributed by atoms with E-state index in [9.17, 15) is 0 Å². The second-order valence-electron chi connectivity index (χ2n) is 5.78. The van der Waals surface area contributed by atoms with E-state index in [0.717, 1.165) is 32.8 Å². The molecule has 2 heterocycles. The zero-order valence-electron chi connectivity index (χ0n) is 14.5. The number of nitrogen functional groups attached to an aromatic ring is 1. The number of ether oxygens (including phenoxy) is 3. The molecule has 0 radical (unpaired) electrons. The lowest BCUT2D eigenvalue weighted by molar-refractivity contribution is 0.171. The highest BCUT2D eigenvalue weighted by Crippen LogP contribution is 2.37. The predicted octanol–water partition coefficient (Wildman–Crippen LogP) is 3.49. The average Bonchev–Trinajstić information content (AvgIpc) is 3.07. The Labute approximate surface area is 168 Å². The fourth-order valence-corrected chi connectivity index (χ4v) is 4.17. The van der Waals surface area contributed by atoms with Crippen LogP contribution in [0.4, 0.5) is 0 Å². The van der Waals surface area contributed by atoms with Crippen molar-refractivity contribution >= 4 is 27.7 Å². The first-order chi connectivity index (χ1) is 13.2. The van der Waals surface area contributed by atoms with Gasteiger partial charge >= 0.3 is 0 Å². The van der Waals surface area contributed by atoms with Gasteiger partial charge < -0.3 is 20.1 Å². The molecular weight excluding hydrogens is 432 g/mol. The van der Waals surface area contributed by atoms with Gasteiger partial charge in [-0.3, -0.25) is 0 Å². The predicted molar refractivity (Wildman–Crippen MR) is 107 cm³/mol. The van der Waals surface area contributed by atoms with Gasteiger partial charge in [0.05, 0.1) is 7.11 Å². The first kappa shape index (κ1) is 18.0. The molecule has 0 saturated heterocycles. The lowest BCUT2D eigenvalue weighted by atomic mass is 10.2. The first-order valence-corrected chi connectivity index (χ1v) is 9.99. The highest BCUT2D eigenvalue weighted by molar-refractivity contribution is 9.10. The Bertz CT molecular complexity index is 962. The summed E-state index contributed by atoms with van der Waals surface area (Å²) in [6, 6.07) is 11.4. The largest absolute Gasteiger partial charge is 0.497 e. The summed E-state index contributed by atoms with van der Waals surface area (Å²) in [5.41, 5.74) is 1.94. The smallest absolute Gasteiger partial charge is 0.210 e. The third-order valence-electron chi connectivity index (χ3n) is 4.08. The molecule has 0 unspecified atom stereocenters. The van der Waals surface area contributed by atoms with E-state index in [-0.39, 0.29) is 0 Å². The van der Waals surface area contributed by atoms with E-state index in [1.165, 1.54) is 16.4 Å². The van der Waals surface area contributed by atoms with Gasteiger partial charge in [-0.1, -0.05) is 27.7 Å². The van der Waals surface area contributed by atoms with Crippen LogP contribution in [-0.4, -0.2) is 35.2 Å². The van der Waals surface area contributed by atoms with Crippen LogP contribution in [0.5, 0.6) is 17.2 Å². The maximum Gasteiger partial charge on any atom is 0.210 e. The lowest BCUT2D eigenvalue weighted by Crippen LogP contribution is -2.15. The number of hydrogen-bond acceptors (Lipinski definition) is 7. The highest BCUT2D eigenvalue weighted by Gasteiger charge is 2.17. The normalized spacial score (nSPS) is 12.8. The van der Waals surface area contributed by atoms with Crippen molar-refractivity contribution in [2.24, 2.45) is 0 Å². The third kappa shape index (κ3) is 3.70. The molecule has 9 heteroatoms. The molecule has 27 heavy (non-hydrogen) atoms. The molecule has 7 nitrogen and oxygen atoms in total. The van der Waals surface area contributed by atoms with Crippen molar-refractivity contribution in [3.63, 3.8) is 0 Å². The van der Waals surface area contributed by atoms with Crippen molar-refractivity contribution in [3.8, 4) is 28.6 Å². The summed E-state index contributed by atoms with van der Waals surface area (Å²) in [5, 5.41) is 9.06. The van der Waals surface area contributed by atoms with Crippen molar-refractivity contribution in [3.05, 3.63) is 46.4 Å². The van der Waals surface area contributed by atoms with Gasteiger partial charge in [0.15, 0.2) is 17.3 Å². The van der Waals surface area contributed by atoms with Crippen molar-refractivity contribution in [1.82, 2.24) is 14.9 Å². The van der Waals surface area contributed by atoms with Crippen LogP contribution in [0.2, 0.25) is 0 Å². The van der Waals surface area contributed by atoms with Gasteiger partial charge in [0, 0.05) is 15.8 Å². The molecule has 3 aromatic rings. The number of thioether (sulfide) groups is 1. The molecular formula is C18H17BrN4O3S. The third-order valence-corrected chi connectivity index (χ3v) is 5.81. The molecule has 0 aliphatic carbocycles. The number of nitrogens with two attached hydrogens (primary N) is 1. The Hall–Kier alpha value is -2.39. The van der Waals surface area contributed by atoms with Crippen LogP contribution in [0.3, 0.4) is 0 Å². The molecule has 4 rings (SSSR count). The second-order valence-corrected chi connectivity index (χ2v) is 7.58. The molecule has 1 aromatic heterocycles. The monoisotopic (exact) mass is 448 g/mol. The van der Waals surface area contributed by atoms with E-state index in [2.05, 4.69) is 26.1 Å². The molecule has 0 amide bonds. The van der Waals surface area contributed by atoms with E-state index in [1.54, 1.807) is 7.11 Å². The molecule has 0 fully saturated rings. The molecule has 0 bridgehead atoms. The number of fused-ring (bicyclic) bond motifs is 1. The van der Waals surface area contributed by atoms with Crippen LogP contribution in [0, 0.1) is 0 Å². The minimum absolute atomic E-state index is 0.559. The molecule has 2 aromatic carbocycles. The van der Waals surface area contributed by atoms with E-state index in [0.29, 0.717) is 29.9 Å². The summed E-state index contributed by atoms with van der Waals surface area (Å²) in [7, 11) is 1.63. The van der Waals surface area contributed by atoms with Crippen LogP contribution in [0.1, 0.15) is 5.56 Å². The number of nitrogens with zero attached hydrogens (tertiary/aromatic N) is 3. The van der Waals surface area contributed by atoms with Gasteiger partial charge in [-0.25, -0.2) is 4.68 Å². The summed E-state index contributed by atoms with van der Waals surface area (Å²) >= 11 is 5.09. The van der Waals surface area contributed by atoms with E-state index in [4.69, 9.17) is 20.1 Å². The van der Waals surface area contributed by atoms with Crippen molar-refractivity contribution in [2.45, 2.75) is 10.9 Å². The Balaban J connectivity index is 1.51. The number of halogens is 1. The lowest BCUT2D eigenvalue weighted by Gasteiger charge is -2.19. The molecule has 1 aliphatic rings. The van der Waals surface area contributed by atoms with Gasteiger partial charge in [0.2, 0.25) is 5.16 Å². The van der Waals surface area contributed by atoms with Gasteiger partial charge in [0.25, 0.3) is 0 Å². The zero-order chi connectivity index (χ0) is 18.8. The standard InChI is InChI=1S/C18H17BrN4O3S/c1-24-13-4-2-11(3-5-13)17-21-22-18(23(17)20)27-10-12-8-15-16(9-14(12)19)26-7-6-25-15/h2-5,8-9H,6-7,10,20H2,1H3. The van der Waals surface area contributed by atoms with Crippen molar-refractivity contribution in [2.75, 3.05) is 26.2 Å². The topological polar surface area (TPSA) is 84.4 Å². The Kier molecular flexibility index (Phi) is 5.13. The van der Waals surface area contributed by atoms with E-state index >= 15 is 0 Å². The highest BCUT2D eigenvalue weighted by atomic mass is 79.9. The van der Waals surface area contributed by atoms with E-state index < -0.39 is 0 Å². The van der Waals surface area contributed by atoms with Crippen LogP contribution in [-0.2, 0) is 5.75 Å². The molecule has 0 saturated carbocycles. The Morgan fingerprint density at radius 3 is 2.56 bits per heavy atom. The van der Waals surface area contributed by atoms with Crippen molar-refractivity contribution in [1.29, 1.82) is 0 Å². The van der Waals surface area contributed by atoms with Crippen LogP contribution in [0.25, 0.3) is 11.4 Å². The summed E-state index contributed by atoms with van der Waals surface area (Å²) in [6.07, 6.45) is 0. The number of aromatic nitrogens is 3. The molecule has 140 valence electrons. The van der Waals surface area contributed by atoms with Crippen LogP contribution in [0.15, 0.2) is 46.0 Å². The van der Waals surface area contributed by atoms with E-state index in [1.807, 2.05) is 36.4 Å². The Morgan fingerprint density at radius 2 is 1.85 bits per heavy atom. The quantitative estimate of drug-likeness (QED) is 0.472. The summed E-state index contributed by atoms with van der Waals surface area (Å²) in [4.78, 5) is 0. The van der Waals surface area contributed by atoms with Crippen LogP contribution >= 0.6 is 27.7 Å². The summed E-state index contributed by atoms with van der Waals surface area (Å²) in [5.74, 6) is 9.75. The maximum absolute atomic E-state index is 6.20. The number of methoxy groups -OCH3 is 1. The average molecular weight is 449 g/mol. The van der Waals surface area contributed by atoms with Gasteiger partial charge in [0.1, 0.15) is 19.0 Å². The molecule has 0 atom stereocenters. The van der Waals surface area contributed by atoms with Gasteiger partial charge in [-0.2, -0.15) is 0 Å². The minimum atomic E-state index is 0.559. The van der Waals surface area contributed by atoms with Gasteiger partial charge in [-0.15, -0.1) is 10.2 Å². The van der Waals surface area contributed by atoms with Crippen LogP contribution < -0.4 is 20.1 Å².